The summed E-state index contributed by atoms with van der Waals surface area (Å²) in [5, 5.41) is 15.1. The molecule has 1 amide bonds. The number of hydrogen-bond donors (Lipinski definition) is 2. The lowest BCUT2D eigenvalue weighted by molar-refractivity contribution is 0.0522. The predicted octanol–water partition coefficient (Wildman–Crippen LogP) is 1.14. The number of carboxylic acids is 1. The summed E-state index contributed by atoms with van der Waals surface area (Å²) < 4.78 is 6.46. The number of carboxylic acid groups (broad SMARTS) is 1. The number of nitrogens with one attached hydrogen (secondary N) is 1. The Morgan fingerprint density at radius 3 is 2.56 bits per heavy atom. The van der Waals surface area contributed by atoms with Gasteiger partial charge in [0.1, 0.15) is 5.60 Å². The monoisotopic (exact) mass is 255 g/mol. The second-order valence-corrected chi connectivity index (χ2v) is 4.81. The molecule has 0 radical (unpaired) electrons. The minimum atomic E-state index is -1.10. The molecule has 0 aliphatic heterocycles. The molecule has 100 valence electrons. The third kappa shape index (κ3) is 4.08. The Morgan fingerprint density at radius 1 is 1.50 bits per heavy atom. The zero-order chi connectivity index (χ0) is 13.9. The third-order valence-electron chi connectivity index (χ3n) is 2.01. The van der Waals surface area contributed by atoms with Crippen LogP contribution in [0.15, 0.2) is 6.07 Å². The Morgan fingerprint density at radius 2 is 2.11 bits per heavy atom. The molecule has 0 bridgehead atoms. The van der Waals surface area contributed by atoms with E-state index in [1.807, 2.05) is 0 Å². The van der Waals surface area contributed by atoms with Gasteiger partial charge in [0, 0.05) is 7.05 Å². The molecule has 2 N–H and O–H groups in total. The van der Waals surface area contributed by atoms with Gasteiger partial charge in [-0.15, -0.1) is 0 Å². The molecule has 0 aliphatic carbocycles. The summed E-state index contributed by atoms with van der Waals surface area (Å²) in [6.07, 6.45) is -0.555. The molecule has 7 nitrogen and oxygen atoms in total. The summed E-state index contributed by atoms with van der Waals surface area (Å²) in [7, 11) is 1.61. The highest BCUT2D eigenvalue weighted by Gasteiger charge is 2.17. The van der Waals surface area contributed by atoms with Crippen molar-refractivity contribution in [1.29, 1.82) is 0 Å². The van der Waals surface area contributed by atoms with Crippen LogP contribution >= 0.6 is 0 Å². The van der Waals surface area contributed by atoms with Gasteiger partial charge < -0.3 is 15.2 Å². The molecule has 7 heteroatoms. The Balaban J connectivity index is 2.59. The molecule has 1 heterocycles. The van der Waals surface area contributed by atoms with E-state index in [4.69, 9.17) is 9.84 Å². The fourth-order valence-electron chi connectivity index (χ4n) is 1.25. The van der Waals surface area contributed by atoms with Crippen molar-refractivity contribution in [2.75, 3.05) is 0 Å². The summed E-state index contributed by atoms with van der Waals surface area (Å²) in [5.74, 6) is -1.10. The van der Waals surface area contributed by atoms with Gasteiger partial charge in [-0.1, -0.05) is 0 Å². The van der Waals surface area contributed by atoms with Crippen LogP contribution in [-0.2, 0) is 18.3 Å². The second kappa shape index (κ2) is 5.07. The lowest BCUT2D eigenvalue weighted by Crippen LogP contribution is -2.32. The van der Waals surface area contributed by atoms with E-state index in [0.717, 1.165) is 0 Å². The molecule has 0 unspecified atom stereocenters. The standard InChI is InChI=1S/C11H17N3O4/c1-11(2,3)18-10(17)12-6-7-5-8(9(15)16)13-14(7)4/h5H,6H2,1-4H3,(H,12,17)(H,15,16). The maximum atomic E-state index is 11.4. The number of aryl methyl sites for hydroxylation is 1. The number of amides is 1. The molecule has 0 fully saturated rings. The minimum absolute atomic E-state index is 0.0570. The van der Waals surface area contributed by atoms with Crippen molar-refractivity contribution >= 4 is 12.1 Å². The largest absolute Gasteiger partial charge is 0.476 e. The number of rotatable bonds is 3. The molecule has 1 aromatic rings. The van der Waals surface area contributed by atoms with Gasteiger partial charge >= 0.3 is 12.1 Å². The van der Waals surface area contributed by atoms with Crippen molar-refractivity contribution in [3.05, 3.63) is 17.5 Å². The number of aromatic nitrogens is 2. The maximum absolute atomic E-state index is 11.4. The lowest BCUT2D eigenvalue weighted by Gasteiger charge is -2.19. The van der Waals surface area contributed by atoms with Gasteiger partial charge in [0.25, 0.3) is 0 Å². The number of aromatic carboxylic acids is 1. The summed E-state index contributed by atoms with van der Waals surface area (Å²) >= 11 is 0. The Labute approximate surface area is 105 Å². The van der Waals surface area contributed by atoms with Crippen LogP contribution in [0.1, 0.15) is 37.0 Å². The van der Waals surface area contributed by atoms with Gasteiger partial charge in [0.2, 0.25) is 0 Å². The quantitative estimate of drug-likeness (QED) is 0.844. The molecule has 0 spiro atoms. The SMILES string of the molecule is Cn1nc(C(=O)O)cc1CNC(=O)OC(C)(C)C. The van der Waals surface area contributed by atoms with Gasteiger partial charge in [0.15, 0.2) is 5.69 Å². The average molecular weight is 255 g/mol. The zero-order valence-corrected chi connectivity index (χ0v) is 10.9. The smallest absolute Gasteiger partial charge is 0.407 e. The first-order valence-electron chi connectivity index (χ1n) is 5.42. The van der Waals surface area contributed by atoms with E-state index >= 15 is 0 Å². The molecule has 0 aromatic carbocycles. The zero-order valence-electron chi connectivity index (χ0n) is 10.9. The van der Waals surface area contributed by atoms with Crippen LogP contribution in [0.5, 0.6) is 0 Å². The average Bonchev–Trinajstić information content (AvgIpc) is 2.54. The number of carbonyl (C=O) groups excluding carboxylic acids is 1. The Hall–Kier alpha value is -2.05. The van der Waals surface area contributed by atoms with Crippen LogP contribution in [0, 0.1) is 0 Å². The van der Waals surface area contributed by atoms with Crippen molar-refractivity contribution in [2.24, 2.45) is 7.05 Å². The van der Waals surface area contributed by atoms with Gasteiger partial charge in [-0.05, 0) is 26.8 Å². The molecule has 1 rings (SSSR count). The van der Waals surface area contributed by atoms with Crippen LogP contribution in [0.25, 0.3) is 0 Å². The molecule has 18 heavy (non-hydrogen) atoms. The van der Waals surface area contributed by atoms with Crippen molar-refractivity contribution in [1.82, 2.24) is 15.1 Å². The number of hydrogen-bond acceptors (Lipinski definition) is 4. The van der Waals surface area contributed by atoms with E-state index in [1.54, 1.807) is 27.8 Å². The molecule has 1 aromatic heterocycles. The van der Waals surface area contributed by atoms with E-state index in [9.17, 15) is 9.59 Å². The van der Waals surface area contributed by atoms with Crippen molar-refractivity contribution in [3.63, 3.8) is 0 Å². The summed E-state index contributed by atoms with van der Waals surface area (Å²) in [5.41, 5.74) is -0.0419. The van der Waals surface area contributed by atoms with Crippen LogP contribution in [0.2, 0.25) is 0 Å². The number of alkyl carbamates (subject to hydrolysis) is 1. The molecule has 0 saturated carbocycles. The lowest BCUT2D eigenvalue weighted by atomic mass is 10.2. The van der Waals surface area contributed by atoms with Gasteiger partial charge in [-0.25, -0.2) is 9.59 Å². The van der Waals surface area contributed by atoms with Crippen molar-refractivity contribution in [3.8, 4) is 0 Å². The number of carbonyl (C=O) groups is 2. The normalized spacial score (nSPS) is 11.1. The molecular formula is C11H17N3O4. The summed E-state index contributed by atoms with van der Waals surface area (Å²) in [6.45, 7) is 5.45. The van der Waals surface area contributed by atoms with E-state index in [-0.39, 0.29) is 12.2 Å². The van der Waals surface area contributed by atoms with Gasteiger partial charge in [0.05, 0.1) is 12.2 Å². The molecule has 0 atom stereocenters. The number of nitrogens with zero attached hydrogens (tertiary/aromatic N) is 2. The molecule has 0 aliphatic rings. The van der Waals surface area contributed by atoms with E-state index in [0.29, 0.717) is 5.69 Å². The first-order chi connectivity index (χ1) is 8.19. The highest BCUT2D eigenvalue weighted by molar-refractivity contribution is 5.85. The number of ether oxygens (including phenoxy) is 1. The summed E-state index contributed by atoms with van der Waals surface area (Å²) in [4.78, 5) is 22.1. The van der Waals surface area contributed by atoms with Crippen molar-refractivity contribution < 1.29 is 19.4 Å². The van der Waals surface area contributed by atoms with Gasteiger partial charge in [-0.3, -0.25) is 4.68 Å². The van der Waals surface area contributed by atoms with E-state index in [2.05, 4.69) is 10.4 Å². The fourth-order valence-corrected chi connectivity index (χ4v) is 1.25. The Kier molecular flexibility index (Phi) is 3.95. The van der Waals surface area contributed by atoms with Crippen LogP contribution in [0.3, 0.4) is 0 Å². The van der Waals surface area contributed by atoms with Crippen LogP contribution < -0.4 is 5.32 Å². The highest BCUT2D eigenvalue weighted by Crippen LogP contribution is 2.07. The minimum Gasteiger partial charge on any atom is -0.476 e. The van der Waals surface area contributed by atoms with E-state index < -0.39 is 17.7 Å². The first kappa shape index (κ1) is 14.0. The van der Waals surface area contributed by atoms with Gasteiger partial charge in [-0.2, -0.15) is 5.10 Å². The van der Waals surface area contributed by atoms with Crippen LogP contribution in [0.4, 0.5) is 4.79 Å². The predicted molar refractivity (Wildman–Crippen MR) is 63.2 cm³/mol. The maximum Gasteiger partial charge on any atom is 0.407 e. The fraction of sp³-hybridized carbons (Fsp3) is 0.545. The molecular weight excluding hydrogens is 238 g/mol. The van der Waals surface area contributed by atoms with Crippen LogP contribution in [-0.4, -0.2) is 32.6 Å². The first-order valence-corrected chi connectivity index (χ1v) is 5.42. The third-order valence-corrected chi connectivity index (χ3v) is 2.01. The van der Waals surface area contributed by atoms with E-state index in [1.165, 1.54) is 10.7 Å². The second-order valence-electron chi connectivity index (χ2n) is 4.81. The topological polar surface area (TPSA) is 93.5 Å². The molecule has 0 saturated heterocycles. The summed E-state index contributed by atoms with van der Waals surface area (Å²) in [6, 6.07) is 1.40. The Bertz CT molecular complexity index is 459. The van der Waals surface area contributed by atoms with Crippen molar-refractivity contribution in [2.45, 2.75) is 32.9 Å². The highest BCUT2D eigenvalue weighted by atomic mass is 16.6.